The normalized spacial score (nSPS) is 10.6. The Morgan fingerprint density at radius 2 is 1.89 bits per heavy atom. The summed E-state index contributed by atoms with van der Waals surface area (Å²) >= 11 is 1.70. The molecule has 0 aromatic heterocycles. The van der Waals surface area contributed by atoms with E-state index in [0.717, 1.165) is 5.75 Å². The van der Waals surface area contributed by atoms with E-state index in [4.69, 9.17) is 5.73 Å². The molecule has 2 N–H and O–H groups in total. The average molecular weight is 261 g/mol. The minimum absolute atomic E-state index is 0.226. The number of aryl methyl sites for hydroxylation is 1. The largest absolute Gasteiger partial charge is 0.396 e. The molecule has 0 fully saturated rings. The molecule has 0 aliphatic rings. The Labute approximate surface area is 111 Å². The van der Waals surface area contributed by atoms with Gasteiger partial charge in [0.2, 0.25) is 0 Å². The Kier molecular flexibility index (Phi) is 4.26. The zero-order valence-corrected chi connectivity index (χ0v) is 11.1. The molecule has 18 heavy (non-hydrogen) atoms. The highest BCUT2D eigenvalue weighted by Crippen LogP contribution is 2.22. The van der Waals surface area contributed by atoms with E-state index in [1.54, 1.807) is 30.0 Å². The van der Waals surface area contributed by atoms with E-state index in [1.165, 1.54) is 11.1 Å². The van der Waals surface area contributed by atoms with E-state index in [0.29, 0.717) is 11.3 Å². The highest BCUT2D eigenvalue weighted by Gasteiger charge is 2.05. The van der Waals surface area contributed by atoms with Gasteiger partial charge in [-0.05, 0) is 24.1 Å². The zero-order chi connectivity index (χ0) is 13.0. The number of thioether (sulfide) groups is 1. The predicted molar refractivity (Wildman–Crippen MR) is 77.0 cm³/mol. The molecule has 0 amide bonds. The van der Waals surface area contributed by atoms with E-state index >= 15 is 0 Å². The molecule has 0 saturated carbocycles. The summed E-state index contributed by atoms with van der Waals surface area (Å²) < 4.78 is 13.7. The average Bonchev–Trinajstić information content (AvgIpc) is 2.35. The smallest absolute Gasteiger partial charge is 0.150 e. The summed E-state index contributed by atoms with van der Waals surface area (Å²) in [5.74, 6) is 1.25. The van der Waals surface area contributed by atoms with Crippen LogP contribution in [0.15, 0.2) is 42.5 Å². The van der Waals surface area contributed by atoms with E-state index in [1.807, 2.05) is 6.07 Å². The summed E-state index contributed by atoms with van der Waals surface area (Å²) in [5.41, 5.74) is 8.96. The lowest BCUT2D eigenvalue weighted by molar-refractivity contribution is 0.622. The molecule has 0 heterocycles. The SMILES string of the molecule is Cc1cccc(CSCc2cccc(N)c2F)c1. The van der Waals surface area contributed by atoms with Crippen LogP contribution in [-0.2, 0) is 11.5 Å². The van der Waals surface area contributed by atoms with Crippen LogP contribution >= 0.6 is 11.8 Å². The summed E-state index contributed by atoms with van der Waals surface area (Å²) in [6.07, 6.45) is 0. The minimum Gasteiger partial charge on any atom is -0.396 e. The van der Waals surface area contributed by atoms with Crippen molar-refractivity contribution >= 4 is 17.4 Å². The Morgan fingerprint density at radius 1 is 1.11 bits per heavy atom. The number of benzene rings is 2. The second-order valence-corrected chi connectivity index (χ2v) is 5.29. The fourth-order valence-electron chi connectivity index (χ4n) is 1.79. The van der Waals surface area contributed by atoms with Crippen molar-refractivity contribution in [3.05, 3.63) is 65.0 Å². The molecule has 0 unspecified atom stereocenters. The number of halogens is 1. The molecule has 94 valence electrons. The lowest BCUT2D eigenvalue weighted by Gasteiger charge is -2.06. The van der Waals surface area contributed by atoms with Gasteiger partial charge in [-0.15, -0.1) is 0 Å². The number of hydrogen-bond donors (Lipinski definition) is 1. The van der Waals surface area contributed by atoms with E-state index in [9.17, 15) is 4.39 Å². The molecule has 0 bridgehead atoms. The number of anilines is 1. The molecule has 0 aliphatic heterocycles. The van der Waals surface area contributed by atoms with Gasteiger partial charge in [-0.2, -0.15) is 11.8 Å². The lowest BCUT2D eigenvalue weighted by atomic mass is 10.2. The monoisotopic (exact) mass is 261 g/mol. The van der Waals surface area contributed by atoms with Gasteiger partial charge in [-0.25, -0.2) is 4.39 Å². The minimum atomic E-state index is -0.283. The highest BCUT2D eigenvalue weighted by molar-refractivity contribution is 7.97. The number of nitrogens with two attached hydrogens (primary N) is 1. The van der Waals surface area contributed by atoms with Crippen LogP contribution in [0.5, 0.6) is 0 Å². The molecule has 1 nitrogen and oxygen atoms in total. The van der Waals surface area contributed by atoms with Crippen molar-refractivity contribution < 1.29 is 4.39 Å². The van der Waals surface area contributed by atoms with Crippen LogP contribution < -0.4 is 5.73 Å². The molecule has 2 rings (SSSR count). The van der Waals surface area contributed by atoms with Gasteiger partial charge in [0.25, 0.3) is 0 Å². The number of rotatable bonds is 4. The first-order valence-electron chi connectivity index (χ1n) is 5.83. The van der Waals surface area contributed by atoms with Gasteiger partial charge in [-0.3, -0.25) is 0 Å². The fraction of sp³-hybridized carbons (Fsp3) is 0.200. The van der Waals surface area contributed by atoms with Crippen molar-refractivity contribution in [2.45, 2.75) is 18.4 Å². The maximum atomic E-state index is 13.7. The second kappa shape index (κ2) is 5.91. The Morgan fingerprint density at radius 3 is 2.67 bits per heavy atom. The van der Waals surface area contributed by atoms with Crippen LogP contribution in [0.3, 0.4) is 0 Å². The van der Waals surface area contributed by atoms with Crippen LogP contribution in [0, 0.1) is 12.7 Å². The predicted octanol–water partition coefficient (Wildman–Crippen LogP) is 4.15. The van der Waals surface area contributed by atoms with E-state index < -0.39 is 0 Å². The third kappa shape index (κ3) is 3.26. The van der Waals surface area contributed by atoms with Crippen molar-refractivity contribution in [2.75, 3.05) is 5.73 Å². The lowest BCUT2D eigenvalue weighted by Crippen LogP contribution is -1.95. The van der Waals surface area contributed by atoms with Crippen LogP contribution in [0.2, 0.25) is 0 Å². The molecule has 2 aromatic rings. The van der Waals surface area contributed by atoms with E-state index in [2.05, 4.69) is 25.1 Å². The van der Waals surface area contributed by atoms with Gasteiger partial charge in [0, 0.05) is 11.5 Å². The molecule has 0 atom stereocenters. The summed E-state index contributed by atoms with van der Waals surface area (Å²) in [6.45, 7) is 2.08. The topological polar surface area (TPSA) is 26.0 Å². The second-order valence-electron chi connectivity index (χ2n) is 4.30. The van der Waals surface area contributed by atoms with Crippen molar-refractivity contribution in [1.29, 1.82) is 0 Å². The Hall–Kier alpha value is -1.48. The van der Waals surface area contributed by atoms with Crippen molar-refractivity contribution in [3.8, 4) is 0 Å². The van der Waals surface area contributed by atoms with Gasteiger partial charge in [0.15, 0.2) is 0 Å². The van der Waals surface area contributed by atoms with Crippen LogP contribution in [0.25, 0.3) is 0 Å². The fourth-order valence-corrected chi connectivity index (χ4v) is 2.75. The molecule has 0 saturated heterocycles. The van der Waals surface area contributed by atoms with Gasteiger partial charge in [-0.1, -0.05) is 42.0 Å². The molecule has 0 spiro atoms. The maximum Gasteiger partial charge on any atom is 0.150 e. The Balaban J connectivity index is 1.94. The molecule has 2 aromatic carbocycles. The highest BCUT2D eigenvalue weighted by atomic mass is 32.2. The molecule has 0 radical (unpaired) electrons. The summed E-state index contributed by atoms with van der Waals surface area (Å²) in [4.78, 5) is 0. The van der Waals surface area contributed by atoms with Crippen LogP contribution in [0.4, 0.5) is 10.1 Å². The molecule has 3 heteroatoms. The van der Waals surface area contributed by atoms with Gasteiger partial charge >= 0.3 is 0 Å². The third-order valence-corrected chi connectivity index (χ3v) is 3.77. The third-order valence-electron chi connectivity index (χ3n) is 2.72. The zero-order valence-electron chi connectivity index (χ0n) is 10.3. The van der Waals surface area contributed by atoms with Gasteiger partial charge < -0.3 is 5.73 Å². The standard InChI is InChI=1S/C15H16FNS/c1-11-4-2-5-12(8-11)9-18-10-13-6-3-7-14(17)15(13)16/h2-8H,9-10,17H2,1H3. The van der Waals surface area contributed by atoms with Crippen molar-refractivity contribution in [2.24, 2.45) is 0 Å². The van der Waals surface area contributed by atoms with Crippen LogP contribution in [-0.4, -0.2) is 0 Å². The Bertz CT molecular complexity index is 540. The first kappa shape index (κ1) is 13.0. The summed E-state index contributed by atoms with van der Waals surface area (Å²) in [7, 11) is 0. The van der Waals surface area contributed by atoms with Gasteiger partial charge in [0.1, 0.15) is 5.82 Å². The van der Waals surface area contributed by atoms with Gasteiger partial charge in [0.05, 0.1) is 5.69 Å². The van der Waals surface area contributed by atoms with Crippen LogP contribution in [0.1, 0.15) is 16.7 Å². The quantitative estimate of drug-likeness (QED) is 0.837. The number of nitrogen functional groups attached to an aromatic ring is 1. The van der Waals surface area contributed by atoms with Crippen molar-refractivity contribution in [1.82, 2.24) is 0 Å². The first-order valence-corrected chi connectivity index (χ1v) is 6.98. The molecular weight excluding hydrogens is 245 g/mol. The van der Waals surface area contributed by atoms with Crippen molar-refractivity contribution in [3.63, 3.8) is 0 Å². The molecule has 0 aliphatic carbocycles. The molecular formula is C15H16FNS. The summed E-state index contributed by atoms with van der Waals surface area (Å²) in [5, 5.41) is 0. The summed E-state index contributed by atoms with van der Waals surface area (Å²) in [6, 6.07) is 13.5. The first-order chi connectivity index (χ1) is 8.66. The number of hydrogen-bond acceptors (Lipinski definition) is 2. The van der Waals surface area contributed by atoms with E-state index in [-0.39, 0.29) is 11.5 Å². The maximum absolute atomic E-state index is 13.7.